The van der Waals surface area contributed by atoms with Gasteiger partial charge in [0.15, 0.2) is 0 Å². The van der Waals surface area contributed by atoms with Crippen molar-refractivity contribution in [2.75, 3.05) is 0 Å². The lowest BCUT2D eigenvalue weighted by Gasteiger charge is -2.20. The fourth-order valence-electron chi connectivity index (χ4n) is 2.48. The first-order valence-electron chi connectivity index (χ1n) is 6.65. The molecule has 3 heteroatoms. The van der Waals surface area contributed by atoms with Crippen molar-refractivity contribution < 1.29 is 9.90 Å². The first kappa shape index (κ1) is 14.3. The molecule has 0 aromatic heterocycles. The largest absolute Gasteiger partial charge is 0.480 e. The van der Waals surface area contributed by atoms with Gasteiger partial charge in [-0.2, -0.15) is 0 Å². The predicted octanol–water partition coefficient (Wildman–Crippen LogP) is 3.18. The van der Waals surface area contributed by atoms with Crippen LogP contribution in [0.3, 0.4) is 0 Å². The van der Waals surface area contributed by atoms with Crippen molar-refractivity contribution >= 4 is 5.97 Å². The van der Waals surface area contributed by atoms with Crippen molar-refractivity contribution in [1.82, 2.24) is 0 Å². The van der Waals surface area contributed by atoms with Crippen LogP contribution < -0.4 is 5.73 Å². The fourth-order valence-corrected chi connectivity index (χ4v) is 2.48. The average Bonchev–Trinajstić information content (AvgIpc) is 2.47. The maximum Gasteiger partial charge on any atom is 0.321 e. The Balaban J connectivity index is 2.45. The van der Waals surface area contributed by atoms with Crippen LogP contribution >= 0.6 is 0 Å². The maximum atomic E-state index is 11.1. The van der Waals surface area contributed by atoms with Crippen LogP contribution in [0.25, 0.3) is 11.1 Å². The van der Waals surface area contributed by atoms with Gasteiger partial charge in [-0.1, -0.05) is 55.5 Å². The maximum absolute atomic E-state index is 11.1. The molecule has 0 aliphatic heterocycles. The lowest BCUT2D eigenvalue weighted by Crippen LogP contribution is -2.35. The second-order valence-electron chi connectivity index (χ2n) is 5.04. The molecule has 2 rings (SSSR count). The van der Waals surface area contributed by atoms with Gasteiger partial charge in [0.2, 0.25) is 0 Å². The van der Waals surface area contributed by atoms with E-state index in [1.54, 1.807) is 0 Å². The molecule has 0 radical (unpaired) electrons. The lowest BCUT2D eigenvalue weighted by molar-refractivity contribution is -0.139. The number of aliphatic carboxylic acids is 1. The van der Waals surface area contributed by atoms with Crippen LogP contribution in [0.5, 0.6) is 0 Å². The molecule has 0 spiro atoms. The van der Waals surface area contributed by atoms with Crippen LogP contribution in [0, 0.1) is 6.92 Å². The van der Waals surface area contributed by atoms with Gasteiger partial charge in [-0.3, -0.25) is 4.79 Å². The highest BCUT2D eigenvalue weighted by molar-refractivity contribution is 5.75. The van der Waals surface area contributed by atoms with Crippen molar-refractivity contribution in [2.45, 2.75) is 25.8 Å². The van der Waals surface area contributed by atoms with E-state index in [-0.39, 0.29) is 5.92 Å². The van der Waals surface area contributed by atoms with E-state index in [2.05, 4.69) is 0 Å². The molecule has 0 saturated carbocycles. The van der Waals surface area contributed by atoms with Gasteiger partial charge in [0.1, 0.15) is 6.04 Å². The zero-order valence-corrected chi connectivity index (χ0v) is 11.7. The molecule has 2 aromatic carbocycles. The van der Waals surface area contributed by atoms with E-state index in [9.17, 15) is 4.79 Å². The normalized spacial score (nSPS) is 13.8. The third-order valence-corrected chi connectivity index (χ3v) is 3.77. The molecule has 0 aliphatic rings. The van der Waals surface area contributed by atoms with Gasteiger partial charge in [-0.15, -0.1) is 0 Å². The number of rotatable bonds is 4. The van der Waals surface area contributed by atoms with E-state index in [4.69, 9.17) is 10.8 Å². The van der Waals surface area contributed by atoms with Gasteiger partial charge in [-0.05, 0) is 29.2 Å². The SMILES string of the molecule is Cc1c(-c2ccccc2)cccc1C(C)C(N)C(=O)O. The zero-order chi connectivity index (χ0) is 14.7. The standard InChI is InChI=1S/C17H19NO2/c1-11-14(12(2)16(18)17(19)20)9-6-10-15(11)13-7-4-3-5-8-13/h3-10,12,16H,18H2,1-2H3,(H,19,20). The number of nitrogens with two attached hydrogens (primary N) is 1. The minimum absolute atomic E-state index is 0.226. The summed E-state index contributed by atoms with van der Waals surface area (Å²) in [5.41, 5.74) is 10.1. The molecular formula is C17H19NO2. The summed E-state index contributed by atoms with van der Waals surface area (Å²) in [5.74, 6) is -1.20. The topological polar surface area (TPSA) is 63.3 Å². The Hall–Kier alpha value is -2.13. The quantitative estimate of drug-likeness (QED) is 0.896. The Kier molecular flexibility index (Phi) is 4.20. The Labute approximate surface area is 119 Å². The van der Waals surface area contributed by atoms with Gasteiger partial charge in [0.05, 0.1) is 0 Å². The predicted molar refractivity (Wildman–Crippen MR) is 80.6 cm³/mol. The summed E-state index contributed by atoms with van der Waals surface area (Å²) in [6.07, 6.45) is 0. The Morgan fingerprint density at radius 2 is 1.75 bits per heavy atom. The van der Waals surface area contributed by atoms with E-state index >= 15 is 0 Å². The van der Waals surface area contributed by atoms with E-state index in [0.29, 0.717) is 0 Å². The second kappa shape index (κ2) is 5.88. The van der Waals surface area contributed by atoms with Crippen LogP contribution in [-0.4, -0.2) is 17.1 Å². The molecule has 104 valence electrons. The van der Waals surface area contributed by atoms with E-state index < -0.39 is 12.0 Å². The monoisotopic (exact) mass is 269 g/mol. The summed E-state index contributed by atoms with van der Waals surface area (Å²) in [6, 6.07) is 15.1. The number of hydrogen-bond acceptors (Lipinski definition) is 2. The summed E-state index contributed by atoms with van der Waals surface area (Å²) in [5, 5.41) is 9.07. The molecule has 0 amide bonds. The van der Waals surface area contributed by atoms with E-state index in [1.807, 2.05) is 62.4 Å². The lowest BCUT2D eigenvalue weighted by atomic mass is 9.87. The van der Waals surface area contributed by atoms with Crippen molar-refractivity contribution in [3.8, 4) is 11.1 Å². The summed E-state index contributed by atoms with van der Waals surface area (Å²) in [6.45, 7) is 3.87. The van der Waals surface area contributed by atoms with Gasteiger partial charge in [0, 0.05) is 5.92 Å². The highest BCUT2D eigenvalue weighted by atomic mass is 16.4. The number of benzene rings is 2. The highest BCUT2D eigenvalue weighted by Crippen LogP contribution is 2.30. The molecule has 20 heavy (non-hydrogen) atoms. The van der Waals surface area contributed by atoms with Crippen molar-refractivity contribution in [3.05, 3.63) is 59.7 Å². The zero-order valence-electron chi connectivity index (χ0n) is 11.7. The second-order valence-corrected chi connectivity index (χ2v) is 5.04. The molecule has 0 fully saturated rings. The minimum atomic E-state index is -0.970. The summed E-state index contributed by atoms with van der Waals surface area (Å²) in [7, 11) is 0. The van der Waals surface area contributed by atoms with Gasteiger partial charge >= 0.3 is 5.97 Å². The molecule has 0 heterocycles. The summed E-state index contributed by atoms with van der Waals surface area (Å²) < 4.78 is 0. The summed E-state index contributed by atoms with van der Waals surface area (Å²) >= 11 is 0. The minimum Gasteiger partial charge on any atom is -0.480 e. The number of carbonyl (C=O) groups is 1. The molecule has 0 aliphatic carbocycles. The molecule has 3 N–H and O–H groups in total. The van der Waals surface area contributed by atoms with Crippen LogP contribution in [0.2, 0.25) is 0 Å². The van der Waals surface area contributed by atoms with E-state index in [0.717, 1.165) is 22.3 Å². The van der Waals surface area contributed by atoms with Crippen LogP contribution in [0.4, 0.5) is 0 Å². The van der Waals surface area contributed by atoms with Crippen molar-refractivity contribution in [1.29, 1.82) is 0 Å². The Bertz CT molecular complexity index is 608. The Morgan fingerprint density at radius 3 is 2.35 bits per heavy atom. The summed E-state index contributed by atoms with van der Waals surface area (Å²) in [4.78, 5) is 11.1. The van der Waals surface area contributed by atoms with Crippen LogP contribution in [0.15, 0.2) is 48.5 Å². The van der Waals surface area contributed by atoms with Crippen LogP contribution in [-0.2, 0) is 4.79 Å². The van der Waals surface area contributed by atoms with Crippen molar-refractivity contribution in [2.24, 2.45) is 5.73 Å². The third kappa shape index (κ3) is 2.73. The van der Waals surface area contributed by atoms with E-state index in [1.165, 1.54) is 0 Å². The van der Waals surface area contributed by atoms with Gasteiger partial charge in [-0.25, -0.2) is 0 Å². The smallest absolute Gasteiger partial charge is 0.321 e. The molecule has 3 nitrogen and oxygen atoms in total. The molecule has 0 bridgehead atoms. The van der Waals surface area contributed by atoms with Gasteiger partial charge < -0.3 is 10.8 Å². The number of hydrogen-bond donors (Lipinski definition) is 2. The molecule has 2 atom stereocenters. The molecule has 2 unspecified atom stereocenters. The fraction of sp³-hybridized carbons (Fsp3) is 0.235. The van der Waals surface area contributed by atoms with Gasteiger partial charge in [0.25, 0.3) is 0 Å². The van der Waals surface area contributed by atoms with Crippen molar-refractivity contribution in [3.63, 3.8) is 0 Å². The molecular weight excluding hydrogens is 250 g/mol. The molecule has 2 aromatic rings. The third-order valence-electron chi connectivity index (χ3n) is 3.77. The number of carboxylic acids is 1. The Morgan fingerprint density at radius 1 is 1.10 bits per heavy atom. The number of carboxylic acid groups (broad SMARTS) is 1. The first-order valence-corrected chi connectivity index (χ1v) is 6.65. The average molecular weight is 269 g/mol. The van der Waals surface area contributed by atoms with Crippen LogP contribution in [0.1, 0.15) is 24.0 Å². The highest BCUT2D eigenvalue weighted by Gasteiger charge is 2.23. The first-order chi connectivity index (χ1) is 9.52. The molecule has 0 saturated heterocycles.